The summed E-state index contributed by atoms with van der Waals surface area (Å²) in [5.41, 5.74) is 0.00885. The van der Waals surface area contributed by atoms with Crippen molar-refractivity contribution in [3.8, 4) is 0 Å². The zero-order chi connectivity index (χ0) is 20.0. The normalized spacial score (nSPS) is 33.7. The maximum atomic E-state index is 12.1. The number of likely N-dealkylation sites (tertiary alicyclic amines) is 1. The third kappa shape index (κ3) is 4.16. The SMILES string of the molecule is CC(=O)N1CCN(C(C)(C)C)C(C2CC3(CCC(=O)N3)CCN2C(C)C)C1. The summed E-state index contributed by atoms with van der Waals surface area (Å²) in [6, 6.07) is 1.09. The van der Waals surface area contributed by atoms with Gasteiger partial charge in [0, 0.05) is 68.7 Å². The fraction of sp³-hybridized carbons (Fsp3) is 0.905. The van der Waals surface area contributed by atoms with Gasteiger partial charge in [0.15, 0.2) is 0 Å². The van der Waals surface area contributed by atoms with Gasteiger partial charge in [-0.3, -0.25) is 19.4 Å². The van der Waals surface area contributed by atoms with Gasteiger partial charge in [-0.15, -0.1) is 0 Å². The number of amides is 2. The van der Waals surface area contributed by atoms with Crippen molar-refractivity contribution in [2.45, 2.75) is 96.4 Å². The van der Waals surface area contributed by atoms with Crippen molar-refractivity contribution in [1.82, 2.24) is 20.0 Å². The number of carbonyl (C=O) groups is 2. The van der Waals surface area contributed by atoms with Crippen LogP contribution in [0.4, 0.5) is 0 Å². The van der Waals surface area contributed by atoms with E-state index in [0.29, 0.717) is 24.5 Å². The molecule has 154 valence electrons. The van der Waals surface area contributed by atoms with Gasteiger partial charge in [0.25, 0.3) is 0 Å². The summed E-state index contributed by atoms with van der Waals surface area (Å²) < 4.78 is 0. The molecule has 0 aromatic carbocycles. The average Bonchev–Trinajstić information content (AvgIpc) is 2.93. The second-order valence-corrected chi connectivity index (χ2v) is 10.1. The molecule has 0 radical (unpaired) electrons. The predicted octanol–water partition coefficient (Wildman–Crippen LogP) is 1.84. The average molecular weight is 379 g/mol. The molecule has 3 atom stereocenters. The van der Waals surface area contributed by atoms with Crippen molar-refractivity contribution in [3.63, 3.8) is 0 Å². The Kier molecular flexibility index (Phi) is 5.61. The van der Waals surface area contributed by atoms with Crippen LogP contribution in [-0.2, 0) is 9.59 Å². The summed E-state index contributed by atoms with van der Waals surface area (Å²) in [5, 5.41) is 3.32. The highest BCUT2D eigenvalue weighted by molar-refractivity contribution is 5.79. The fourth-order valence-corrected chi connectivity index (χ4v) is 5.50. The van der Waals surface area contributed by atoms with E-state index in [9.17, 15) is 9.59 Å². The van der Waals surface area contributed by atoms with Crippen molar-refractivity contribution in [1.29, 1.82) is 0 Å². The lowest BCUT2D eigenvalue weighted by atomic mass is 9.77. The Morgan fingerprint density at radius 1 is 1.15 bits per heavy atom. The van der Waals surface area contributed by atoms with Crippen LogP contribution in [0.5, 0.6) is 0 Å². The molecule has 6 heteroatoms. The number of nitrogens with one attached hydrogen (secondary N) is 1. The third-order valence-electron chi connectivity index (χ3n) is 6.94. The molecule has 3 aliphatic heterocycles. The summed E-state index contributed by atoms with van der Waals surface area (Å²) in [4.78, 5) is 31.3. The largest absolute Gasteiger partial charge is 0.351 e. The first-order chi connectivity index (χ1) is 12.5. The maximum absolute atomic E-state index is 12.1. The lowest BCUT2D eigenvalue weighted by Gasteiger charge is -2.56. The monoisotopic (exact) mass is 378 g/mol. The molecule has 1 N–H and O–H groups in total. The first kappa shape index (κ1) is 20.6. The molecule has 3 fully saturated rings. The van der Waals surface area contributed by atoms with Crippen molar-refractivity contribution in [2.24, 2.45) is 0 Å². The van der Waals surface area contributed by atoms with E-state index in [1.54, 1.807) is 6.92 Å². The molecule has 3 rings (SSSR count). The van der Waals surface area contributed by atoms with E-state index in [0.717, 1.165) is 45.4 Å². The minimum Gasteiger partial charge on any atom is -0.351 e. The molecular formula is C21H38N4O2. The molecule has 27 heavy (non-hydrogen) atoms. The fourth-order valence-electron chi connectivity index (χ4n) is 5.50. The third-order valence-corrected chi connectivity index (χ3v) is 6.94. The van der Waals surface area contributed by atoms with E-state index >= 15 is 0 Å². The molecule has 3 unspecified atom stereocenters. The summed E-state index contributed by atoms with van der Waals surface area (Å²) in [5.74, 6) is 0.373. The van der Waals surface area contributed by atoms with Crippen molar-refractivity contribution in [3.05, 3.63) is 0 Å². The molecule has 0 saturated carbocycles. The minimum atomic E-state index is -0.0464. The van der Waals surface area contributed by atoms with Crippen molar-refractivity contribution in [2.75, 3.05) is 26.2 Å². The van der Waals surface area contributed by atoms with Gasteiger partial charge in [-0.25, -0.2) is 0 Å². The topological polar surface area (TPSA) is 55.9 Å². The summed E-state index contributed by atoms with van der Waals surface area (Å²) in [7, 11) is 0. The number of nitrogens with zero attached hydrogens (tertiary/aromatic N) is 3. The Morgan fingerprint density at radius 2 is 1.85 bits per heavy atom. The maximum Gasteiger partial charge on any atom is 0.220 e. The van der Waals surface area contributed by atoms with Gasteiger partial charge >= 0.3 is 0 Å². The lowest BCUT2D eigenvalue weighted by molar-refractivity contribution is -0.136. The Balaban J connectivity index is 1.92. The highest BCUT2D eigenvalue weighted by Gasteiger charge is 2.50. The van der Waals surface area contributed by atoms with Crippen LogP contribution >= 0.6 is 0 Å². The lowest BCUT2D eigenvalue weighted by Crippen LogP contribution is -2.70. The Morgan fingerprint density at radius 3 is 2.37 bits per heavy atom. The molecule has 0 aliphatic carbocycles. The highest BCUT2D eigenvalue weighted by atomic mass is 16.2. The first-order valence-corrected chi connectivity index (χ1v) is 10.6. The predicted molar refractivity (Wildman–Crippen MR) is 107 cm³/mol. The van der Waals surface area contributed by atoms with E-state index in [2.05, 4.69) is 49.7 Å². The zero-order valence-corrected chi connectivity index (χ0v) is 18.0. The molecule has 6 nitrogen and oxygen atoms in total. The second kappa shape index (κ2) is 7.36. The van der Waals surface area contributed by atoms with Gasteiger partial charge in [-0.1, -0.05) is 0 Å². The van der Waals surface area contributed by atoms with Crippen LogP contribution in [0.25, 0.3) is 0 Å². The number of piperidine rings is 1. The molecule has 3 aliphatic rings. The zero-order valence-electron chi connectivity index (χ0n) is 18.0. The Labute approximate surface area is 164 Å². The first-order valence-electron chi connectivity index (χ1n) is 10.6. The molecule has 0 aromatic heterocycles. The molecule has 3 saturated heterocycles. The Bertz CT molecular complexity index is 585. The summed E-state index contributed by atoms with van der Waals surface area (Å²) in [6.45, 7) is 16.6. The van der Waals surface area contributed by atoms with Crippen LogP contribution in [0.3, 0.4) is 0 Å². The van der Waals surface area contributed by atoms with Crippen LogP contribution in [0.2, 0.25) is 0 Å². The van der Waals surface area contributed by atoms with E-state index in [1.807, 2.05) is 4.90 Å². The van der Waals surface area contributed by atoms with Gasteiger partial charge in [-0.05, 0) is 53.9 Å². The van der Waals surface area contributed by atoms with Gasteiger partial charge in [0.05, 0.1) is 0 Å². The Hall–Kier alpha value is -1.14. The summed E-state index contributed by atoms with van der Waals surface area (Å²) >= 11 is 0. The summed E-state index contributed by atoms with van der Waals surface area (Å²) in [6.07, 6.45) is 3.63. The van der Waals surface area contributed by atoms with Gasteiger partial charge in [0.2, 0.25) is 11.8 Å². The highest BCUT2D eigenvalue weighted by Crippen LogP contribution is 2.39. The van der Waals surface area contributed by atoms with E-state index < -0.39 is 0 Å². The van der Waals surface area contributed by atoms with Gasteiger partial charge in [-0.2, -0.15) is 0 Å². The van der Waals surface area contributed by atoms with Crippen LogP contribution in [-0.4, -0.2) is 81.9 Å². The smallest absolute Gasteiger partial charge is 0.220 e. The second-order valence-electron chi connectivity index (χ2n) is 10.1. The molecule has 0 aromatic rings. The molecular weight excluding hydrogens is 340 g/mol. The molecule has 0 bridgehead atoms. The quantitative estimate of drug-likeness (QED) is 0.797. The van der Waals surface area contributed by atoms with E-state index in [4.69, 9.17) is 0 Å². The van der Waals surface area contributed by atoms with Crippen LogP contribution < -0.4 is 5.32 Å². The van der Waals surface area contributed by atoms with Gasteiger partial charge < -0.3 is 10.2 Å². The van der Waals surface area contributed by atoms with Gasteiger partial charge in [0.1, 0.15) is 0 Å². The van der Waals surface area contributed by atoms with Crippen LogP contribution in [0.15, 0.2) is 0 Å². The van der Waals surface area contributed by atoms with Crippen LogP contribution in [0.1, 0.15) is 67.2 Å². The minimum absolute atomic E-state index is 0.0464. The number of piperazine rings is 1. The van der Waals surface area contributed by atoms with E-state index in [-0.39, 0.29) is 22.9 Å². The number of carbonyl (C=O) groups excluding carboxylic acids is 2. The molecule has 2 amide bonds. The number of hydrogen-bond donors (Lipinski definition) is 1. The standard InChI is InChI=1S/C21H38N4O2/c1-15(2)24-10-9-21(8-7-19(27)22-21)13-17(24)18-14-23(16(3)26)11-12-25(18)20(4,5)6/h15,17-18H,7-14H2,1-6H3,(H,22,27). The van der Waals surface area contributed by atoms with Crippen LogP contribution in [0, 0.1) is 0 Å². The van der Waals surface area contributed by atoms with Crippen molar-refractivity contribution < 1.29 is 9.59 Å². The molecule has 1 spiro atoms. The molecule has 3 heterocycles. The number of hydrogen-bond acceptors (Lipinski definition) is 4. The van der Waals surface area contributed by atoms with E-state index in [1.165, 1.54) is 0 Å². The number of rotatable bonds is 2. The van der Waals surface area contributed by atoms with Crippen molar-refractivity contribution >= 4 is 11.8 Å².